The Labute approximate surface area is 115 Å². The van der Waals surface area contributed by atoms with Crippen LogP contribution in [-0.4, -0.2) is 24.5 Å². The molecule has 19 heavy (non-hydrogen) atoms. The van der Waals surface area contributed by atoms with E-state index in [-0.39, 0.29) is 5.92 Å². The Morgan fingerprint density at radius 2 is 2.11 bits per heavy atom. The molecule has 1 aromatic rings. The van der Waals surface area contributed by atoms with Crippen molar-refractivity contribution in [3.05, 3.63) is 29.8 Å². The van der Waals surface area contributed by atoms with Crippen LogP contribution in [0, 0.1) is 5.92 Å². The van der Waals surface area contributed by atoms with Gasteiger partial charge in [0.05, 0.1) is 5.92 Å². The van der Waals surface area contributed by atoms with Gasteiger partial charge in [0, 0.05) is 17.8 Å². The van der Waals surface area contributed by atoms with E-state index >= 15 is 0 Å². The molecule has 0 aliphatic carbocycles. The highest BCUT2D eigenvalue weighted by atomic mass is 16.2. The number of piperidine rings is 1. The molecular formula is C16H22N2O. The third-order valence-electron chi connectivity index (χ3n) is 4.52. The van der Waals surface area contributed by atoms with Crippen molar-refractivity contribution < 1.29 is 4.79 Å². The first-order valence-corrected chi connectivity index (χ1v) is 7.33. The monoisotopic (exact) mass is 258 g/mol. The Morgan fingerprint density at radius 1 is 1.32 bits per heavy atom. The Kier molecular flexibility index (Phi) is 3.31. The topological polar surface area (TPSA) is 32.3 Å². The predicted octanol–water partition coefficient (Wildman–Crippen LogP) is 2.35. The molecule has 0 bridgehead atoms. The summed E-state index contributed by atoms with van der Waals surface area (Å²) in [6.45, 7) is 5.32. The molecule has 0 aromatic heterocycles. The lowest BCUT2D eigenvalue weighted by Crippen LogP contribution is -2.49. The number of amides is 1. The lowest BCUT2D eigenvalue weighted by Gasteiger charge is -2.34. The van der Waals surface area contributed by atoms with Gasteiger partial charge in [-0.25, -0.2) is 0 Å². The fourth-order valence-electron chi connectivity index (χ4n) is 3.46. The zero-order valence-corrected chi connectivity index (χ0v) is 11.7. The van der Waals surface area contributed by atoms with Crippen molar-refractivity contribution in [3.63, 3.8) is 0 Å². The predicted molar refractivity (Wildman–Crippen MR) is 77.3 cm³/mol. The van der Waals surface area contributed by atoms with Crippen LogP contribution in [-0.2, 0) is 11.2 Å². The minimum atomic E-state index is 0.127. The van der Waals surface area contributed by atoms with E-state index in [1.807, 2.05) is 11.0 Å². The first kappa shape index (κ1) is 12.7. The Morgan fingerprint density at radius 3 is 2.89 bits per heavy atom. The third-order valence-corrected chi connectivity index (χ3v) is 4.52. The molecule has 102 valence electrons. The first-order chi connectivity index (χ1) is 9.18. The summed E-state index contributed by atoms with van der Waals surface area (Å²) in [5.74, 6) is 0.430. The van der Waals surface area contributed by atoms with Crippen molar-refractivity contribution in [2.45, 2.75) is 45.2 Å². The van der Waals surface area contributed by atoms with E-state index in [2.05, 4.69) is 37.4 Å². The molecule has 2 aliphatic rings. The second kappa shape index (κ2) is 4.97. The van der Waals surface area contributed by atoms with E-state index in [4.69, 9.17) is 0 Å². The molecular weight excluding hydrogens is 236 g/mol. The van der Waals surface area contributed by atoms with Crippen molar-refractivity contribution in [3.8, 4) is 0 Å². The van der Waals surface area contributed by atoms with Gasteiger partial charge < -0.3 is 10.2 Å². The number of nitrogens with one attached hydrogen (secondary N) is 1. The van der Waals surface area contributed by atoms with Crippen molar-refractivity contribution in [1.29, 1.82) is 0 Å². The molecule has 1 fully saturated rings. The molecule has 1 saturated heterocycles. The summed E-state index contributed by atoms with van der Waals surface area (Å²) in [6.07, 6.45) is 3.10. The maximum absolute atomic E-state index is 12.9. The summed E-state index contributed by atoms with van der Waals surface area (Å²) in [7, 11) is 0. The Hall–Kier alpha value is -1.35. The number of carbonyl (C=O) groups is 1. The van der Waals surface area contributed by atoms with Gasteiger partial charge in [0.15, 0.2) is 0 Å². The highest BCUT2D eigenvalue weighted by molar-refractivity contribution is 5.98. The van der Waals surface area contributed by atoms with Gasteiger partial charge in [-0.15, -0.1) is 0 Å². The van der Waals surface area contributed by atoms with Crippen LogP contribution in [0.2, 0.25) is 0 Å². The molecule has 2 heterocycles. The second-order valence-electron chi connectivity index (χ2n) is 5.88. The van der Waals surface area contributed by atoms with E-state index in [1.165, 1.54) is 5.56 Å². The SMILES string of the molecule is CC1NCCCC1C(=O)N1c2ccccc2CC1C. The van der Waals surface area contributed by atoms with Crippen LogP contribution < -0.4 is 10.2 Å². The Balaban J connectivity index is 1.87. The van der Waals surface area contributed by atoms with Gasteiger partial charge in [0.25, 0.3) is 0 Å². The molecule has 2 aliphatic heterocycles. The molecule has 1 amide bonds. The van der Waals surface area contributed by atoms with E-state index in [1.54, 1.807) is 0 Å². The van der Waals surface area contributed by atoms with Crippen LogP contribution in [0.4, 0.5) is 5.69 Å². The number of rotatable bonds is 1. The van der Waals surface area contributed by atoms with Crippen molar-refractivity contribution in [1.82, 2.24) is 5.32 Å². The quantitative estimate of drug-likeness (QED) is 0.838. The zero-order chi connectivity index (χ0) is 13.4. The Bertz CT molecular complexity index is 485. The van der Waals surface area contributed by atoms with Crippen LogP contribution in [0.1, 0.15) is 32.3 Å². The normalized spacial score (nSPS) is 30.2. The second-order valence-corrected chi connectivity index (χ2v) is 5.88. The van der Waals surface area contributed by atoms with Crippen LogP contribution >= 0.6 is 0 Å². The number of hydrogen-bond donors (Lipinski definition) is 1. The van der Waals surface area contributed by atoms with Gasteiger partial charge in [-0.1, -0.05) is 18.2 Å². The minimum absolute atomic E-state index is 0.127. The van der Waals surface area contributed by atoms with Gasteiger partial charge in [0.1, 0.15) is 0 Å². The van der Waals surface area contributed by atoms with Crippen LogP contribution in [0.5, 0.6) is 0 Å². The summed E-state index contributed by atoms with van der Waals surface area (Å²) >= 11 is 0. The molecule has 3 nitrogen and oxygen atoms in total. The molecule has 3 unspecified atom stereocenters. The number of carbonyl (C=O) groups excluding carboxylic acids is 1. The lowest BCUT2D eigenvalue weighted by molar-refractivity contribution is -0.124. The van der Waals surface area contributed by atoms with Crippen LogP contribution in [0.15, 0.2) is 24.3 Å². The average Bonchev–Trinajstić information content (AvgIpc) is 2.74. The summed E-state index contributed by atoms with van der Waals surface area (Å²) < 4.78 is 0. The number of fused-ring (bicyclic) bond motifs is 1. The molecule has 0 saturated carbocycles. The smallest absolute Gasteiger partial charge is 0.231 e. The fourth-order valence-corrected chi connectivity index (χ4v) is 3.46. The lowest BCUT2D eigenvalue weighted by atomic mass is 9.90. The molecule has 3 heteroatoms. The zero-order valence-electron chi connectivity index (χ0n) is 11.7. The number of para-hydroxylation sites is 1. The highest BCUT2D eigenvalue weighted by Crippen LogP contribution is 2.34. The molecule has 3 rings (SSSR count). The van der Waals surface area contributed by atoms with Crippen LogP contribution in [0.25, 0.3) is 0 Å². The van der Waals surface area contributed by atoms with Gasteiger partial charge in [-0.3, -0.25) is 4.79 Å². The molecule has 0 radical (unpaired) electrons. The highest BCUT2D eigenvalue weighted by Gasteiger charge is 2.37. The van der Waals surface area contributed by atoms with Gasteiger partial charge >= 0.3 is 0 Å². The van der Waals surface area contributed by atoms with Gasteiger partial charge in [-0.2, -0.15) is 0 Å². The summed E-state index contributed by atoms with van der Waals surface area (Å²) in [6, 6.07) is 8.89. The third kappa shape index (κ3) is 2.16. The first-order valence-electron chi connectivity index (χ1n) is 7.33. The average molecular weight is 258 g/mol. The van der Waals surface area contributed by atoms with Gasteiger partial charge in [-0.05, 0) is 51.3 Å². The number of benzene rings is 1. The van der Waals surface area contributed by atoms with E-state index in [0.717, 1.165) is 31.5 Å². The van der Waals surface area contributed by atoms with E-state index in [9.17, 15) is 4.79 Å². The molecule has 1 aromatic carbocycles. The molecule has 3 atom stereocenters. The van der Waals surface area contributed by atoms with E-state index in [0.29, 0.717) is 18.0 Å². The minimum Gasteiger partial charge on any atom is -0.313 e. The van der Waals surface area contributed by atoms with Crippen molar-refractivity contribution in [2.24, 2.45) is 5.92 Å². The molecule has 1 N–H and O–H groups in total. The number of nitrogens with zero attached hydrogens (tertiary/aromatic N) is 1. The molecule has 0 spiro atoms. The van der Waals surface area contributed by atoms with Crippen molar-refractivity contribution in [2.75, 3.05) is 11.4 Å². The van der Waals surface area contributed by atoms with Crippen molar-refractivity contribution >= 4 is 11.6 Å². The number of hydrogen-bond acceptors (Lipinski definition) is 2. The van der Waals surface area contributed by atoms with E-state index < -0.39 is 0 Å². The van der Waals surface area contributed by atoms with Crippen LogP contribution in [0.3, 0.4) is 0 Å². The van der Waals surface area contributed by atoms with Gasteiger partial charge in [0.2, 0.25) is 5.91 Å². The summed E-state index contributed by atoms with van der Waals surface area (Å²) in [4.78, 5) is 14.9. The standard InChI is InChI=1S/C16H22N2O/c1-11-10-13-6-3-4-8-15(13)18(11)16(19)14-7-5-9-17-12(14)2/h3-4,6,8,11-12,14,17H,5,7,9-10H2,1-2H3. The maximum Gasteiger partial charge on any atom is 0.231 e. The maximum atomic E-state index is 12.9. The summed E-state index contributed by atoms with van der Waals surface area (Å²) in [5.41, 5.74) is 2.43. The largest absolute Gasteiger partial charge is 0.313 e. The fraction of sp³-hybridized carbons (Fsp3) is 0.562. The summed E-state index contributed by atoms with van der Waals surface area (Å²) in [5, 5.41) is 3.43. The number of anilines is 1.